The largest absolute Gasteiger partial charge is 0.434 e. The van der Waals surface area contributed by atoms with Crippen molar-refractivity contribution in [3.63, 3.8) is 0 Å². The van der Waals surface area contributed by atoms with Crippen LogP contribution in [0.15, 0.2) is 24.3 Å². The van der Waals surface area contributed by atoms with Crippen molar-refractivity contribution < 1.29 is 18.3 Å². The summed E-state index contributed by atoms with van der Waals surface area (Å²) in [5.41, 5.74) is 0.185. The van der Waals surface area contributed by atoms with Gasteiger partial charge >= 0.3 is 6.61 Å². The average Bonchev–Trinajstić information content (AvgIpc) is 2.49. The Morgan fingerprint density at radius 3 is 2.86 bits per heavy atom. The number of nitrogens with one attached hydrogen (secondary N) is 1. The van der Waals surface area contributed by atoms with Gasteiger partial charge in [-0.15, -0.1) is 0 Å². The van der Waals surface area contributed by atoms with Gasteiger partial charge in [0.1, 0.15) is 5.75 Å². The average molecular weight is 298 g/mol. The van der Waals surface area contributed by atoms with E-state index in [1.807, 2.05) is 6.92 Å². The van der Waals surface area contributed by atoms with Gasteiger partial charge in [-0.3, -0.25) is 4.79 Å². The minimum atomic E-state index is -2.94. The van der Waals surface area contributed by atoms with E-state index in [1.54, 1.807) is 17.0 Å². The lowest BCUT2D eigenvalue weighted by Gasteiger charge is -2.34. The second kappa shape index (κ2) is 7.36. The molecule has 1 saturated heterocycles. The van der Waals surface area contributed by atoms with E-state index in [0.29, 0.717) is 6.54 Å². The lowest BCUT2D eigenvalue weighted by molar-refractivity contribution is -0.0503. The molecule has 1 aliphatic heterocycles. The quantitative estimate of drug-likeness (QED) is 0.908. The van der Waals surface area contributed by atoms with E-state index in [2.05, 4.69) is 10.1 Å². The number of carbonyl (C=O) groups is 1. The maximum atomic E-state index is 12.7. The molecule has 6 heteroatoms. The zero-order chi connectivity index (χ0) is 15.2. The van der Waals surface area contributed by atoms with E-state index >= 15 is 0 Å². The standard InChI is InChI=1S/C15H20F2N2O2/c1-2-19(11-6-5-9-18-10-11)14(20)12-7-3-4-8-13(12)21-15(16)17/h3-4,7-8,11,15,18H,2,5-6,9-10H2,1H3. The summed E-state index contributed by atoms with van der Waals surface area (Å²) in [5, 5.41) is 3.26. The predicted molar refractivity (Wildman–Crippen MR) is 75.7 cm³/mol. The van der Waals surface area contributed by atoms with Gasteiger partial charge in [0.15, 0.2) is 0 Å². The van der Waals surface area contributed by atoms with Crippen molar-refractivity contribution in [3.05, 3.63) is 29.8 Å². The fourth-order valence-corrected chi connectivity index (χ4v) is 2.66. The fourth-order valence-electron chi connectivity index (χ4n) is 2.66. The molecule has 1 N–H and O–H groups in total. The van der Waals surface area contributed by atoms with Crippen LogP contribution in [0.4, 0.5) is 8.78 Å². The summed E-state index contributed by atoms with van der Waals surface area (Å²) in [4.78, 5) is 14.4. The Balaban J connectivity index is 2.20. The fraction of sp³-hybridized carbons (Fsp3) is 0.533. The van der Waals surface area contributed by atoms with Crippen LogP contribution in [0.5, 0.6) is 5.75 Å². The zero-order valence-electron chi connectivity index (χ0n) is 12.0. The molecule has 0 bridgehead atoms. The summed E-state index contributed by atoms with van der Waals surface area (Å²) < 4.78 is 29.3. The van der Waals surface area contributed by atoms with E-state index in [9.17, 15) is 13.6 Å². The van der Waals surface area contributed by atoms with Gasteiger partial charge in [0.2, 0.25) is 0 Å². The number of piperidine rings is 1. The predicted octanol–water partition coefficient (Wildman–Crippen LogP) is 2.50. The van der Waals surface area contributed by atoms with Crippen molar-refractivity contribution in [2.24, 2.45) is 0 Å². The Labute approximate surface area is 123 Å². The molecule has 1 aliphatic rings. The van der Waals surface area contributed by atoms with Gasteiger partial charge in [-0.25, -0.2) is 0 Å². The Morgan fingerprint density at radius 2 is 2.24 bits per heavy atom. The Bertz CT molecular complexity index is 476. The van der Waals surface area contributed by atoms with Gasteiger partial charge in [0.05, 0.1) is 5.56 Å². The molecule has 1 fully saturated rings. The smallest absolute Gasteiger partial charge is 0.387 e. The van der Waals surface area contributed by atoms with Crippen LogP contribution >= 0.6 is 0 Å². The van der Waals surface area contributed by atoms with Crippen molar-refractivity contribution in [1.82, 2.24) is 10.2 Å². The second-order valence-corrected chi connectivity index (χ2v) is 4.97. The molecule has 21 heavy (non-hydrogen) atoms. The number of nitrogens with zero attached hydrogens (tertiary/aromatic N) is 1. The minimum Gasteiger partial charge on any atom is -0.434 e. The SMILES string of the molecule is CCN(C(=O)c1ccccc1OC(F)F)C1CCCNC1. The summed E-state index contributed by atoms with van der Waals surface area (Å²) in [7, 11) is 0. The highest BCUT2D eigenvalue weighted by atomic mass is 19.3. The number of ether oxygens (including phenoxy) is 1. The van der Waals surface area contributed by atoms with Gasteiger partial charge in [0.25, 0.3) is 5.91 Å². The number of hydrogen-bond donors (Lipinski definition) is 1. The topological polar surface area (TPSA) is 41.6 Å². The molecular formula is C15H20F2N2O2. The number of hydrogen-bond acceptors (Lipinski definition) is 3. The van der Waals surface area contributed by atoms with Gasteiger partial charge in [-0.05, 0) is 38.4 Å². The van der Waals surface area contributed by atoms with Crippen molar-refractivity contribution >= 4 is 5.91 Å². The molecule has 1 aromatic carbocycles. The van der Waals surface area contributed by atoms with Crippen LogP contribution in [-0.4, -0.2) is 43.1 Å². The molecule has 1 amide bonds. The summed E-state index contributed by atoms with van der Waals surface area (Å²) in [6, 6.07) is 6.24. The van der Waals surface area contributed by atoms with Crippen LogP contribution in [0, 0.1) is 0 Å². The lowest BCUT2D eigenvalue weighted by Crippen LogP contribution is -2.48. The summed E-state index contributed by atoms with van der Waals surface area (Å²) in [6.45, 7) is 1.17. The van der Waals surface area contributed by atoms with Crippen LogP contribution in [0.25, 0.3) is 0 Å². The molecule has 0 spiro atoms. The first-order chi connectivity index (χ1) is 10.1. The maximum Gasteiger partial charge on any atom is 0.387 e. The lowest BCUT2D eigenvalue weighted by atomic mass is 10.0. The first kappa shape index (κ1) is 15.7. The third-order valence-electron chi connectivity index (χ3n) is 3.65. The Morgan fingerprint density at radius 1 is 1.48 bits per heavy atom. The Kier molecular flexibility index (Phi) is 5.50. The first-order valence-corrected chi connectivity index (χ1v) is 7.19. The highest BCUT2D eigenvalue weighted by Gasteiger charge is 2.27. The number of alkyl halides is 2. The molecule has 1 unspecified atom stereocenters. The molecule has 0 saturated carbocycles. The minimum absolute atomic E-state index is 0.0697. The number of amides is 1. The van der Waals surface area contributed by atoms with Crippen molar-refractivity contribution in [1.29, 1.82) is 0 Å². The number of para-hydroxylation sites is 1. The summed E-state index contributed by atoms with van der Waals surface area (Å²) in [5.74, 6) is -0.331. The molecule has 4 nitrogen and oxygen atoms in total. The second-order valence-electron chi connectivity index (χ2n) is 4.97. The highest BCUT2D eigenvalue weighted by molar-refractivity contribution is 5.97. The molecule has 0 aliphatic carbocycles. The zero-order valence-corrected chi connectivity index (χ0v) is 12.0. The van der Waals surface area contributed by atoms with Crippen LogP contribution < -0.4 is 10.1 Å². The van der Waals surface area contributed by atoms with Crippen molar-refractivity contribution in [2.45, 2.75) is 32.4 Å². The van der Waals surface area contributed by atoms with Gasteiger partial charge < -0.3 is 15.0 Å². The summed E-state index contributed by atoms with van der Waals surface area (Å²) >= 11 is 0. The van der Waals surface area contributed by atoms with Crippen LogP contribution in [-0.2, 0) is 0 Å². The van der Waals surface area contributed by atoms with Crippen LogP contribution in [0.1, 0.15) is 30.1 Å². The third-order valence-corrected chi connectivity index (χ3v) is 3.65. The molecule has 0 aromatic heterocycles. The van der Waals surface area contributed by atoms with E-state index in [0.717, 1.165) is 25.9 Å². The third kappa shape index (κ3) is 3.91. The van der Waals surface area contributed by atoms with Gasteiger partial charge in [0, 0.05) is 19.1 Å². The monoisotopic (exact) mass is 298 g/mol. The number of carbonyl (C=O) groups excluding carboxylic acids is 1. The highest BCUT2D eigenvalue weighted by Crippen LogP contribution is 2.23. The van der Waals surface area contributed by atoms with E-state index < -0.39 is 6.61 Å². The maximum absolute atomic E-state index is 12.7. The molecule has 2 rings (SSSR count). The van der Waals surface area contributed by atoms with E-state index in [4.69, 9.17) is 0 Å². The molecule has 1 heterocycles. The molecule has 116 valence electrons. The number of benzene rings is 1. The van der Waals surface area contributed by atoms with Crippen LogP contribution in [0.3, 0.4) is 0 Å². The summed E-state index contributed by atoms with van der Waals surface area (Å²) in [6.07, 6.45) is 1.92. The first-order valence-electron chi connectivity index (χ1n) is 7.19. The number of rotatable bonds is 5. The number of halogens is 2. The molecule has 0 radical (unpaired) electrons. The van der Waals surface area contributed by atoms with E-state index in [-0.39, 0.29) is 23.3 Å². The number of likely N-dealkylation sites (N-methyl/N-ethyl adjacent to an activating group) is 1. The molecular weight excluding hydrogens is 278 g/mol. The molecule has 1 atom stereocenters. The van der Waals surface area contributed by atoms with E-state index in [1.165, 1.54) is 12.1 Å². The van der Waals surface area contributed by atoms with Gasteiger partial charge in [-0.2, -0.15) is 8.78 Å². The normalized spacial score (nSPS) is 18.6. The van der Waals surface area contributed by atoms with Gasteiger partial charge in [-0.1, -0.05) is 12.1 Å². The van der Waals surface area contributed by atoms with Crippen molar-refractivity contribution in [3.8, 4) is 5.75 Å². The van der Waals surface area contributed by atoms with Crippen LogP contribution in [0.2, 0.25) is 0 Å². The Hall–Kier alpha value is -1.69. The van der Waals surface area contributed by atoms with Crippen molar-refractivity contribution in [2.75, 3.05) is 19.6 Å². The molecule has 1 aromatic rings.